The maximum Gasteiger partial charge on any atom is 2.00 e. The van der Waals surface area contributed by atoms with E-state index in [1.807, 2.05) is 78.9 Å². The average molecular weight is 861 g/mol. The van der Waals surface area contributed by atoms with Gasteiger partial charge in [0, 0.05) is 57.5 Å². The van der Waals surface area contributed by atoms with Crippen LogP contribution >= 0.6 is 0 Å². The number of hydrogen-bond donors (Lipinski definition) is 0. The second-order valence-corrected chi connectivity index (χ2v) is 12.4. The van der Waals surface area contributed by atoms with Gasteiger partial charge in [-0.25, -0.2) is 18.6 Å². The van der Waals surface area contributed by atoms with Crippen LogP contribution in [0.3, 0.4) is 0 Å². The monoisotopic (exact) mass is 861 g/mol. The van der Waals surface area contributed by atoms with Gasteiger partial charge >= 0.3 is 19.5 Å². The molecule has 0 fully saturated rings. The first-order chi connectivity index (χ1) is 27.2. The molecule has 0 unspecified atom stereocenters. The van der Waals surface area contributed by atoms with Crippen molar-refractivity contribution in [2.24, 2.45) is 5.10 Å². The molecule has 5 aromatic heterocycles. The van der Waals surface area contributed by atoms with E-state index in [1.165, 1.54) is 0 Å². The van der Waals surface area contributed by atoms with E-state index < -0.39 is 10.2 Å². The number of Topliss-reactive ketones (excluding diaryl/α,β-unsaturated/α-hetero) is 1. The van der Waals surface area contributed by atoms with Gasteiger partial charge in [-0.15, -0.1) is 10.2 Å². The molecule has 0 amide bonds. The van der Waals surface area contributed by atoms with Gasteiger partial charge in [-0.2, -0.15) is 0 Å². The van der Waals surface area contributed by atoms with Crippen molar-refractivity contribution in [3.05, 3.63) is 199 Å². The van der Waals surface area contributed by atoms with Gasteiger partial charge in [0.15, 0.2) is 0 Å². The number of rotatable bonds is 5. The number of nitrogens with zero attached hydrogens (tertiary/aromatic N) is 7. The molecule has 12 nitrogen and oxygen atoms in total. The molecule has 0 aliphatic rings. The fraction of sp³-hybridized carbons (Fsp3) is 0. The normalized spacial score (nSPS) is 10.8. The zero-order chi connectivity index (χ0) is 39.2. The molecular weight excluding hydrogens is 831 g/mol. The Balaban J connectivity index is 0.000000158. The van der Waals surface area contributed by atoms with Crippen molar-refractivity contribution < 1.29 is 53.2 Å². The van der Waals surface area contributed by atoms with Gasteiger partial charge in [0.25, 0.3) is 0 Å². The molecule has 5 heterocycles. The van der Waals surface area contributed by atoms with E-state index in [-0.39, 0.29) is 25.3 Å². The Morgan fingerprint density at radius 2 is 0.789 bits per heavy atom. The SMILES string of the molecule is O=C(/C(=N/[N-]c1ccccn1)c1ccccc1)c1ccccc1.[O-][Cl+3]([O-])([O-])[O-].[Ru+2].c1cnc2c(c1)ccc1cccnc12.c1cnc2c(c1)ccc1cccnc12. The summed E-state index contributed by atoms with van der Waals surface area (Å²) in [4.78, 5) is 34.2. The Labute approximate surface area is 341 Å². The average Bonchev–Trinajstić information content (AvgIpc) is 3.24. The number of halogens is 1. The Kier molecular flexibility index (Phi) is 15.0. The van der Waals surface area contributed by atoms with E-state index in [0.717, 1.165) is 49.2 Å². The van der Waals surface area contributed by atoms with Gasteiger partial charge in [0.1, 0.15) is 5.71 Å². The topological polar surface area (TPSA) is 200 Å². The maximum absolute atomic E-state index is 12.8. The van der Waals surface area contributed by atoms with Crippen LogP contribution in [0.25, 0.3) is 49.0 Å². The van der Waals surface area contributed by atoms with E-state index in [2.05, 4.69) is 84.0 Å². The summed E-state index contributed by atoms with van der Waals surface area (Å²) in [7, 11) is -4.94. The van der Waals surface area contributed by atoms with Gasteiger partial charge in [-0.05, 0) is 30.1 Å². The van der Waals surface area contributed by atoms with Gasteiger partial charge in [-0.3, -0.25) is 29.8 Å². The first-order valence-corrected chi connectivity index (χ1v) is 18.1. The number of hydrogen-bond acceptors (Lipinski definition) is 11. The number of aromatic nitrogens is 5. The van der Waals surface area contributed by atoms with Crippen LogP contribution in [0.5, 0.6) is 0 Å². The minimum Gasteiger partial charge on any atom is -0.442 e. The van der Waals surface area contributed by atoms with Crippen molar-refractivity contribution in [3.63, 3.8) is 0 Å². The van der Waals surface area contributed by atoms with Crippen LogP contribution in [0.2, 0.25) is 0 Å². The molecule has 0 radical (unpaired) electrons. The van der Waals surface area contributed by atoms with Crippen molar-refractivity contribution in [1.29, 1.82) is 0 Å². The Morgan fingerprint density at radius 3 is 1.16 bits per heavy atom. The van der Waals surface area contributed by atoms with Crippen LogP contribution in [0.15, 0.2) is 188 Å². The van der Waals surface area contributed by atoms with Crippen LogP contribution in [0, 0.1) is 10.2 Å². The summed E-state index contributed by atoms with van der Waals surface area (Å²) in [5.74, 6) is 0.290. The summed E-state index contributed by atoms with van der Waals surface area (Å²) in [5.41, 5.74) is 9.59. The summed E-state index contributed by atoms with van der Waals surface area (Å²) in [6, 6.07) is 48.0. The number of pyridine rings is 5. The van der Waals surface area contributed by atoms with Crippen LogP contribution in [0.1, 0.15) is 15.9 Å². The second-order valence-electron chi connectivity index (χ2n) is 11.6. The van der Waals surface area contributed by atoms with Crippen molar-refractivity contribution in [2.45, 2.75) is 0 Å². The molecule has 0 bridgehead atoms. The molecule has 9 aromatic rings. The minimum absolute atomic E-state index is 0. The van der Waals surface area contributed by atoms with E-state index >= 15 is 0 Å². The number of carbonyl (C=O) groups excluding carboxylic acids is 1. The molecular formula is C43H30ClN7O5Ru. The molecule has 9 rings (SSSR count). The van der Waals surface area contributed by atoms with Gasteiger partial charge < -0.3 is 10.4 Å². The summed E-state index contributed by atoms with van der Waals surface area (Å²) in [6.07, 6.45) is 8.84. The fourth-order valence-corrected chi connectivity index (χ4v) is 5.43. The quantitative estimate of drug-likeness (QED) is 0.0730. The summed E-state index contributed by atoms with van der Waals surface area (Å²) in [5, 5.41) is 8.72. The molecule has 57 heavy (non-hydrogen) atoms. The van der Waals surface area contributed by atoms with E-state index in [4.69, 9.17) is 18.6 Å². The van der Waals surface area contributed by atoms with Crippen LogP contribution in [-0.4, -0.2) is 36.4 Å². The molecule has 0 aliphatic carbocycles. The Morgan fingerprint density at radius 1 is 0.439 bits per heavy atom. The van der Waals surface area contributed by atoms with Crippen LogP contribution in [-0.2, 0) is 19.5 Å². The second kappa shape index (κ2) is 20.5. The molecule has 0 N–H and O–H groups in total. The molecule has 0 atom stereocenters. The summed E-state index contributed by atoms with van der Waals surface area (Å²) in [6.45, 7) is 0. The van der Waals surface area contributed by atoms with E-state index in [9.17, 15) is 4.79 Å². The third-order valence-corrected chi connectivity index (χ3v) is 7.89. The van der Waals surface area contributed by atoms with Crippen molar-refractivity contribution in [3.8, 4) is 0 Å². The molecule has 0 spiro atoms. The van der Waals surface area contributed by atoms with Crippen molar-refractivity contribution >= 4 is 60.9 Å². The number of carbonyl (C=O) groups is 1. The smallest absolute Gasteiger partial charge is 0.442 e. The molecule has 0 saturated carbocycles. The Hall–Kier alpha value is -6.44. The molecule has 0 saturated heterocycles. The predicted octanol–water partition coefficient (Wildman–Crippen LogP) is 5.18. The van der Waals surface area contributed by atoms with Crippen LogP contribution < -0.4 is 18.6 Å². The van der Waals surface area contributed by atoms with Gasteiger partial charge in [0.05, 0.1) is 22.1 Å². The van der Waals surface area contributed by atoms with Crippen molar-refractivity contribution in [2.75, 3.05) is 0 Å². The van der Waals surface area contributed by atoms with E-state index in [0.29, 0.717) is 17.1 Å². The Bertz CT molecular complexity index is 2480. The molecule has 14 heteroatoms. The molecule has 4 aromatic carbocycles. The number of ketones is 1. The van der Waals surface area contributed by atoms with Crippen molar-refractivity contribution in [1.82, 2.24) is 24.9 Å². The zero-order valence-electron chi connectivity index (χ0n) is 29.7. The summed E-state index contributed by atoms with van der Waals surface area (Å²) < 4.78 is 34.0. The fourth-order valence-electron chi connectivity index (χ4n) is 5.43. The van der Waals surface area contributed by atoms with Gasteiger partial charge in [-0.1, -0.05) is 134 Å². The van der Waals surface area contributed by atoms with Crippen LogP contribution in [0.4, 0.5) is 5.82 Å². The van der Waals surface area contributed by atoms with Gasteiger partial charge in [0.2, 0.25) is 5.78 Å². The first kappa shape index (κ1) is 41.7. The molecule has 282 valence electrons. The molecule has 0 aliphatic heterocycles. The number of benzene rings is 4. The largest absolute Gasteiger partial charge is 2.00 e. The minimum atomic E-state index is -4.94. The first-order valence-electron chi connectivity index (χ1n) is 16.9. The maximum atomic E-state index is 12.8. The predicted molar refractivity (Wildman–Crippen MR) is 205 cm³/mol. The van der Waals surface area contributed by atoms with E-state index in [1.54, 1.807) is 55.2 Å². The third-order valence-electron chi connectivity index (χ3n) is 7.89. The standard InChI is InChI=1S/C19H15N3O.2C12H8N2.ClHO4.Ru/c23-19(16-11-5-2-6-12-16)18(15-9-3-1-4-10-15)22-21-17-13-7-8-14-20-17;2*1-3-9-5-6-10-4-2-8-14-12(10)11(9)13-7-1;2-1(3,4)5;/h1-14H,(H,20,21,23);2*1-8H;(H,2,3,4,5);/q;;;;+2/p-2. The number of fused-ring (bicyclic) bond motifs is 6. The summed E-state index contributed by atoms with van der Waals surface area (Å²) >= 11 is 0. The third kappa shape index (κ3) is 12.0. The zero-order valence-corrected chi connectivity index (χ0v) is 32.2.